The summed E-state index contributed by atoms with van der Waals surface area (Å²) in [6.07, 6.45) is 3.71. The van der Waals surface area contributed by atoms with Crippen LogP contribution in [0.15, 0.2) is 118 Å². The average Bonchev–Trinajstić information content (AvgIpc) is 3.30. The molecule has 0 saturated carbocycles. The van der Waals surface area contributed by atoms with E-state index in [9.17, 15) is 9.18 Å². The second-order valence-corrected chi connectivity index (χ2v) is 11.0. The van der Waals surface area contributed by atoms with Crippen molar-refractivity contribution in [2.45, 2.75) is 25.5 Å². The Kier molecular flexibility index (Phi) is 6.25. The van der Waals surface area contributed by atoms with Crippen molar-refractivity contribution in [3.05, 3.63) is 162 Å². The zero-order valence-corrected chi connectivity index (χ0v) is 22.4. The lowest BCUT2D eigenvalue weighted by atomic mass is 9.83. The van der Waals surface area contributed by atoms with E-state index in [1.54, 1.807) is 18.2 Å². The molecule has 1 aliphatic carbocycles. The van der Waals surface area contributed by atoms with Gasteiger partial charge in [0.1, 0.15) is 18.2 Å². The highest BCUT2D eigenvalue weighted by atomic mass is 32.1. The second kappa shape index (κ2) is 10.2. The number of aromatic nitrogens is 1. The van der Waals surface area contributed by atoms with Crippen LogP contribution in [-0.4, -0.2) is 4.57 Å². The largest absolute Gasteiger partial charge is 0.489 e. The average molecular weight is 545 g/mol. The van der Waals surface area contributed by atoms with Gasteiger partial charge in [-0.3, -0.25) is 9.36 Å². The summed E-state index contributed by atoms with van der Waals surface area (Å²) < 4.78 is 22.2. The molecule has 1 aliphatic heterocycles. The molecule has 0 amide bonds. The molecule has 2 aliphatic rings. The van der Waals surface area contributed by atoms with Crippen molar-refractivity contribution in [3.63, 3.8) is 0 Å². The molecule has 1 atom stereocenters. The lowest BCUT2D eigenvalue weighted by Crippen LogP contribution is -2.38. The number of fused-ring (bicyclic) bond motifs is 3. The van der Waals surface area contributed by atoms with Crippen LogP contribution in [0.3, 0.4) is 0 Å². The number of aryl methyl sites for hydroxylation is 1. The number of hydrogen-bond donors (Lipinski definition) is 0. The maximum Gasteiger partial charge on any atom is 0.271 e. The van der Waals surface area contributed by atoms with Gasteiger partial charge in [0.25, 0.3) is 5.56 Å². The maximum absolute atomic E-state index is 13.9. The Morgan fingerprint density at radius 2 is 1.65 bits per heavy atom. The summed E-state index contributed by atoms with van der Waals surface area (Å²) in [4.78, 5) is 19.7. The smallest absolute Gasteiger partial charge is 0.271 e. The molecule has 6 heteroatoms. The fourth-order valence-electron chi connectivity index (χ4n) is 5.55. The highest BCUT2D eigenvalue weighted by Gasteiger charge is 2.32. The van der Waals surface area contributed by atoms with Crippen LogP contribution in [0.2, 0.25) is 0 Å². The number of thiazole rings is 1. The first-order valence-electron chi connectivity index (χ1n) is 13.3. The van der Waals surface area contributed by atoms with E-state index in [2.05, 4.69) is 36.4 Å². The lowest BCUT2D eigenvalue weighted by molar-refractivity contribution is 0.300. The van der Waals surface area contributed by atoms with Crippen molar-refractivity contribution in [1.82, 2.24) is 4.57 Å². The molecule has 0 spiro atoms. The summed E-state index contributed by atoms with van der Waals surface area (Å²) in [6.45, 7) is 0.151. The number of hydrogen-bond acceptors (Lipinski definition) is 4. The van der Waals surface area contributed by atoms with E-state index >= 15 is 0 Å². The quantitative estimate of drug-likeness (QED) is 0.271. The summed E-state index contributed by atoms with van der Waals surface area (Å²) >= 11 is 1.42. The van der Waals surface area contributed by atoms with Gasteiger partial charge in [-0.05, 0) is 59.4 Å². The van der Waals surface area contributed by atoms with Crippen molar-refractivity contribution in [3.8, 4) is 5.75 Å². The fraction of sp³-hybridized carbons (Fsp3) is 0.118. The van der Waals surface area contributed by atoms with E-state index in [0.29, 0.717) is 20.6 Å². The highest BCUT2D eigenvalue weighted by Crippen LogP contribution is 2.41. The Balaban J connectivity index is 1.27. The van der Waals surface area contributed by atoms with Gasteiger partial charge >= 0.3 is 0 Å². The van der Waals surface area contributed by atoms with Gasteiger partial charge < -0.3 is 4.74 Å². The van der Waals surface area contributed by atoms with Crippen LogP contribution in [0.5, 0.6) is 5.75 Å². The minimum absolute atomic E-state index is 0.0390. The number of nitrogens with zero attached hydrogens (tertiary/aromatic N) is 2. The van der Waals surface area contributed by atoms with E-state index < -0.39 is 0 Å². The van der Waals surface area contributed by atoms with Crippen LogP contribution in [-0.2, 0) is 13.0 Å². The molecule has 40 heavy (non-hydrogen) atoms. The van der Waals surface area contributed by atoms with Gasteiger partial charge in [-0.15, -0.1) is 0 Å². The number of ether oxygens (including phenoxy) is 1. The van der Waals surface area contributed by atoms with Gasteiger partial charge in [0.2, 0.25) is 0 Å². The second-order valence-electron chi connectivity index (χ2n) is 9.97. The van der Waals surface area contributed by atoms with Gasteiger partial charge in [-0.25, -0.2) is 9.38 Å². The predicted molar refractivity (Wildman–Crippen MR) is 156 cm³/mol. The summed E-state index contributed by atoms with van der Waals surface area (Å²) in [5.41, 5.74) is 7.10. The first-order valence-corrected chi connectivity index (χ1v) is 14.1. The van der Waals surface area contributed by atoms with Gasteiger partial charge in [0.05, 0.1) is 16.3 Å². The molecule has 0 N–H and O–H groups in total. The number of benzene rings is 4. The van der Waals surface area contributed by atoms with E-state index in [4.69, 9.17) is 9.73 Å². The monoisotopic (exact) mass is 544 g/mol. The topological polar surface area (TPSA) is 43.6 Å². The lowest BCUT2D eigenvalue weighted by Gasteiger charge is -2.30. The molecule has 0 unspecified atom stereocenters. The van der Waals surface area contributed by atoms with Gasteiger partial charge in [-0.1, -0.05) is 96.3 Å². The van der Waals surface area contributed by atoms with Crippen molar-refractivity contribution in [2.75, 3.05) is 0 Å². The van der Waals surface area contributed by atoms with Crippen LogP contribution in [0, 0.1) is 5.82 Å². The van der Waals surface area contributed by atoms with Gasteiger partial charge in [0.15, 0.2) is 4.80 Å². The third-order valence-corrected chi connectivity index (χ3v) is 8.50. The van der Waals surface area contributed by atoms with E-state index in [1.807, 2.05) is 53.1 Å². The third-order valence-electron chi connectivity index (χ3n) is 7.52. The van der Waals surface area contributed by atoms with E-state index in [-0.39, 0.29) is 24.0 Å². The molecule has 2 heterocycles. The predicted octanol–water partition coefficient (Wildman–Crippen LogP) is 6.04. The molecule has 0 radical (unpaired) electrons. The maximum atomic E-state index is 13.9. The van der Waals surface area contributed by atoms with Crippen LogP contribution in [0.1, 0.15) is 40.3 Å². The zero-order chi connectivity index (χ0) is 27.1. The van der Waals surface area contributed by atoms with E-state index in [0.717, 1.165) is 35.2 Å². The summed E-state index contributed by atoms with van der Waals surface area (Å²) in [6, 6.07) is 32.6. The standard InChI is InChI=1S/C34H25FN2O2S/c35-29-13-7-5-11-25(29)21-39-26-17-14-22(15-18-26)20-30-33(38)37-32(24-9-2-1-3-10-24)28-19-16-23-8-4-6-12-27(23)31(28)36-34(37)40-30/h1-15,17-18,20,32H,16,19,21H2/b30-20-/t32-/m0/s1. The van der Waals surface area contributed by atoms with Crippen molar-refractivity contribution >= 4 is 23.1 Å². The van der Waals surface area contributed by atoms with E-state index in [1.165, 1.54) is 28.5 Å². The Labute approximate surface area is 234 Å². The van der Waals surface area contributed by atoms with Crippen LogP contribution >= 0.6 is 11.3 Å². The molecule has 5 aromatic rings. The summed E-state index contributed by atoms with van der Waals surface area (Å²) in [7, 11) is 0. The normalized spacial score (nSPS) is 16.1. The summed E-state index contributed by atoms with van der Waals surface area (Å²) in [5.74, 6) is 0.353. The Bertz CT molecular complexity index is 1940. The minimum Gasteiger partial charge on any atom is -0.489 e. The molecule has 196 valence electrons. The Morgan fingerprint density at radius 3 is 2.48 bits per heavy atom. The van der Waals surface area contributed by atoms with Crippen LogP contribution in [0.4, 0.5) is 4.39 Å². The third kappa shape index (κ3) is 4.40. The van der Waals surface area contributed by atoms with Gasteiger partial charge in [0, 0.05) is 11.1 Å². The molecule has 7 rings (SSSR count). The molecule has 4 nitrogen and oxygen atoms in total. The first kappa shape index (κ1) is 24.5. The molecule has 0 fully saturated rings. The van der Waals surface area contributed by atoms with Crippen molar-refractivity contribution in [2.24, 2.45) is 4.99 Å². The SMILES string of the molecule is O=c1/c(=C/c2ccc(OCc3ccccc3F)cc2)sc2n1[C@@H](c1ccccc1)C1=C(N=2)c2ccccc2CC1. The highest BCUT2D eigenvalue weighted by molar-refractivity contribution is 7.07. The Hall–Kier alpha value is -4.55. The molecular weight excluding hydrogens is 519 g/mol. The van der Waals surface area contributed by atoms with Crippen molar-refractivity contribution in [1.29, 1.82) is 0 Å². The number of allylic oxidation sites excluding steroid dienone is 1. The Morgan fingerprint density at radius 1 is 0.900 bits per heavy atom. The summed E-state index contributed by atoms with van der Waals surface area (Å²) in [5, 5.41) is 0. The number of rotatable bonds is 5. The number of halogens is 1. The molecular formula is C34H25FN2O2S. The fourth-order valence-corrected chi connectivity index (χ4v) is 6.55. The molecule has 1 aromatic heterocycles. The van der Waals surface area contributed by atoms with Crippen molar-refractivity contribution < 1.29 is 9.13 Å². The zero-order valence-electron chi connectivity index (χ0n) is 21.6. The first-order chi connectivity index (χ1) is 19.7. The van der Waals surface area contributed by atoms with Crippen LogP contribution in [0.25, 0.3) is 11.8 Å². The molecule has 4 aromatic carbocycles. The molecule has 0 bridgehead atoms. The minimum atomic E-state index is -0.284. The van der Waals surface area contributed by atoms with Gasteiger partial charge in [-0.2, -0.15) is 0 Å². The molecule has 0 saturated heterocycles. The van der Waals surface area contributed by atoms with Crippen LogP contribution < -0.4 is 19.6 Å².